The number of furan rings is 1. The van der Waals surface area contributed by atoms with Crippen molar-refractivity contribution in [1.82, 2.24) is 10.2 Å². The molecule has 0 aromatic carbocycles. The first kappa shape index (κ1) is 14.1. The lowest BCUT2D eigenvalue weighted by atomic mass is 10.2. The van der Waals surface area contributed by atoms with Crippen molar-refractivity contribution in [2.75, 3.05) is 26.2 Å². The molecule has 0 unspecified atom stereocenters. The van der Waals surface area contributed by atoms with Gasteiger partial charge >= 0.3 is 0 Å². The zero-order valence-electron chi connectivity index (χ0n) is 11.8. The first-order valence-corrected chi connectivity index (χ1v) is 7.32. The second-order valence-corrected chi connectivity index (χ2v) is 5.30. The maximum absolute atomic E-state index is 11.8. The first-order chi connectivity index (χ1) is 9.27. The Bertz CT molecular complexity index is 393. The molecule has 0 spiro atoms. The van der Waals surface area contributed by atoms with Crippen LogP contribution in [-0.4, -0.2) is 37.0 Å². The molecule has 1 aromatic heterocycles. The van der Waals surface area contributed by atoms with Gasteiger partial charge in [-0.15, -0.1) is 0 Å². The number of hydrogen-bond acceptors (Lipinski definition) is 3. The molecule has 0 saturated carbocycles. The van der Waals surface area contributed by atoms with Crippen molar-refractivity contribution in [3.63, 3.8) is 0 Å². The van der Waals surface area contributed by atoms with Crippen molar-refractivity contribution in [2.24, 2.45) is 0 Å². The summed E-state index contributed by atoms with van der Waals surface area (Å²) < 4.78 is 5.17. The molecular weight excluding hydrogens is 240 g/mol. The number of hydrogen-bond donors (Lipinski definition) is 1. The Morgan fingerprint density at radius 3 is 2.68 bits per heavy atom. The Kier molecular flexibility index (Phi) is 5.45. The predicted molar refractivity (Wildman–Crippen MR) is 75.3 cm³/mol. The molecule has 0 radical (unpaired) electrons. The average Bonchev–Trinajstić information content (AvgIpc) is 2.68. The molecule has 0 bridgehead atoms. The quantitative estimate of drug-likeness (QED) is 0.831. The first-order valence-electron chi connectivity index (χ1n) is 7.32. The molecule has 1 saturated heterocycles. The Balaban J connectivity index is 1.64. The van der Waals surface area contributed by atoms with Gasteiger partial charge in [0.1, 0.15) is 0 Å². The number of nitrogens with zero attached hydrogens (tertiary/aromatic N) is 1. The fraction of sp³-hybridized carbons (Fsp3) is 0.667. The third-order valence-corrected chi connectivity index (χ3v) is 3.70. The van der Waals surface area contributed by atoms with Gasteiger partial charge < -0.3 is 14.6 Å². The van der Waals surface area contributed by atoms with Gasteiger partial charge in [0, 0.05) is 12.1 Å². The van der Waals surface area contributed by atoms with E-state index in [-0.39, 0.29) is 5.91 Å². The molecule has 19 heavy (non-hydrogen) atoms. The number of likely N-dealkylation sites (tertiary alicyclic amines) is 1. The van der Waals surface area contributed by atoms with E-state index in [1.54, 1.807) is 6.26 Å². The summed E-state index contributed by atoms with van der Waals surface area (Å²) in [6.45, 7) is 6.11. The monoisotopic (exact) mass is 264 g/mol. The van der Waals surface area contributed by atoms with Gasteiger partial charge in [0.2, 0.25) is 0 Å². The van der Waals surface area contributed by atoms with Crippen LogP contribution in [0.15, 0.2) is 16.7 Å². The summed E-state index contributed by atoms with van der Waals surface area (Å²) in [6, 6.07) is 1.81. The van der Waals surface area contributed by atoms with Gasteiger partial charge in [-0.1, -0.05) is 12.8 Å². The van der Waals surface area contributed by atoms with Crippen LogP contribution in [0.2, 0.25) is 0 Å². The molecule has 1 aliphatic heterocycles. The lowest BCUT2D eigenvalue weighted by molar-refractivity contribution is 0.0923. The van der Waals surface area contributed by atoms with Gasteiger partial charge in [0.25, 0.3) is 5.91 Å². The molecule has 4 heteroatoms. The van der Waals surface area contributed by atoms with E-state index in [2.05, 4.69) is 10.2 Å². The van der Waals surface area contributed by atoms with Crippen molar-refractivity contribution in [2.45, 2.75) is 39.0 Å². The largest absolute Gasteiger partial charge is 0.459 e. The molecule has 2 rings (SSSR count). The number of amides is 1. The van der Waals surface area contributed by atoms with Crippen LogP contribution in [0.5, 0.6) is 0 Å². The van der Waals surface area contributed by atoms with Crippen LogP contribution in [0.1, 0.15) is 48.2 Å². The molecule has 2 heterocycles. The summed E-state index contributed by atoms with van der Waals surface area (Å²) in [5.74, 6) is 0.341. The predicted octanol–water partition coefficient (Wildman–Crippen LogP) is 2.58. The highest BCUT2D eigenvalue weighted by Crippen LogP contribution is 2.10. The lowest BCUT2D eigenvalue weighted by Crippen LogP contribution is -2.30. The van der Waals surface area contributed by atoms with Crippen molar-refractivity contribution in [1.29, 1.82) is 0 Å². The van der Waals surface area contributed by atoms with Gasteiger partial charge in [-0.05, 0) is 51.9 Å². The highest BCUT2D eigenvalue weighted by molar-refractivity contribution is 5.92. The topological polar surface area (TPSA) is 45.5 Å². The third-order valence-electron chi connectivity index (χ3n) is 3.70. The molecule has 1 N–H and O–H groups in total. The number of rotatable bonds is 5. The summed E-state index contributed by atoms with van der Waals surface area (Å²) >= 11 is 0. The molecule has 1 aromatic rings. The van der Waals surface area contributed by atoms with Crippen molar-refractivity contribution >= 4 is 5.91 Å². The maximum Gasteiger partial charge on any atom is 0.287 e. The van der Waals surface area contributed by atoms with Crippen LogP contribution in [0.3, 0.4) is 0 Å². The Morgan fingerprint density at radius 1 is 1.32 bits per heavy atom. The fourth-order valence-electron chi connectivity index (χ4n) is 2.55. The normalized spacial score (nSPS) is 17.1. The second kappa shape index (κ2) is 7.34. The summed E-state index contributed by atoms with van der Waals surface area (Å²) in [5, 5.41) is 2.92. The number of nitrogens with one attached hydrogen (secondary N) is 1. The van der Waals surface area contributed by atoms with Crippen LogP contribution in [0, 0.1) is 6.92 Å². The molecule has 1 aliphatic rings. The SMILES string of the molecule is Cc1ccoc1C(=O)NCCCN1CCCCCC1. The zero-order valence-corrected chi connectivity index (χ0v) is 11.8. The van der Waals surface area contributed by atoms with Gasteiger partial charge in [-0.25, -0.2) is 0 Å². The van der Waals surface area contributed by atoms with E-state index in [9.17, 15) is 4.79 Å². The number of carbonyl (C=O) groups is 1. The molecule has 106 valence electrons. The molecule has 4 nitrogen and oxygen atoms in total. The van der Waals surface area contributed by atoms with Crippen molar-refractivity contribution in [3.05, 3.63) is 23.7 Å². The minimum absolute atomic E-state index is 0.0987. The molecule has 1 amide bonds. The van der Waals surface area contributed by atoms with Crippen LogP contribution >= 0.6 is 0 Å². The van der Waals surface area contributed by atoms with Crippen LogP contribution in [0.4, 0.5) is 0 Å². The fourth-order valence-corrected chi connectivity index (χ4v) is 2.55. The van der Waals surface area contributed by atoms with Gasteiger partial charge in [-0.3, -0.25) is 4.79 Å². The standard InChI is InChI=1S/C15H24N2O2/c1-13-7-12-19-14(13)15(18)16-8-6-11-17-9-4-2-3-5-10-17/h7,12H,2-6,8-11H2,1H3,(H,16,18). The van der Waals surface area contributed by atoms with Crippen LogP contribution in [-0.2, 0) is 0 Å². The van der Waals surface area contributed by atoms with E-state index in [1.807, 2.05) is 13.0 Å². The Morgan fingerprint density at radius 2 is 2.05 bits per heavy atom. The summed E-state index contributed by atoms with van der Waals surface area (Å²) in [6.07, 6.45) is 7.93. The van der Waals surface area contributed by atoms with Gasteiger partial charge in [0.05, 0.1) is 6.26 Å². The minimum Gasteiger partial charge on any atom is -0.459 e. The lowest BCUT2D eigenvalue weighted by Gasteiger charge is -2.19. The van der Waals surface area contributed by atoms with E-state index < -0.39 is 0 Å². The van der Waals surface area contributed by atoms with E-state index in [0.29, 0.717) is 5.76 Å². The maximum atomic E-state index is 11.8. The summed E-state index contributed by atoms with van der Waals surface area (Å²) in [4.78, 5) is 14.3. The summed E-state index contributed by atoms with van der Waals surface area (Å²) in [7, 11) is 0. The van der Waals surface area contributed by atoms with E-state index in [0.717, 1.165) is 25.1 Å². The van der Waals surface area contributed by atoms with Crippen LogP contribution < -0.4 is 5.32 Å². The zero-order chi connectivity index (χ0) is 13.5. The molecular formula is C15H24N2O2. The van der Waals surface area contributed by atoms with Gasteiger partial charge in [-0.2, -0.15) is 0 Å². The second-order valence-electron chi connectivity index (χ2n) is 5.30. The van der Waals surface area contributed by atoms with Crippen molar-refractivity contribution in [3.8, 4) is 0 Å². The highest BCUT2D eigenvalue weighted by atomic mass is 16.3. The number of aryl methyl sites for hydroxylation is 1. The van der Waals surface area contributed by atoms with Crippen molar-refractivity contribution < 1.29 is 9.21 Å². The molecule has 0 atom stereocenters. The Labute approximate surface area is 115 Å². The molecule has 0 aliphatic carbocycles. The van der Waals surface area contributed by atoms with Crippen LogP contribution in [0.25, 0.3) is 0 Å². The third kappa shape index (κ3) is 4.39. The smallest absolute Gasteiger partial charge is 0.287 e. The Hall–Kier alpha value is -1.29. The van der Waals surface area contributed by atoms with E-state index >= 15 is 0 Å². The van der Waals surface area contributed by atoms with E-state index in [4.69, 9.17) is 4.42 Å². The van der Waals surface area contributed by atoms with Gasteiger partial charge in [0.15, 0.2) is 5.76 Å². The average molecular weight is 264 g/mol. The minimum atomic E-state index is -0.0987. The summed E-state index contributed by atoms with van der Waals surface area (Å²) in [5.41, 5.74) is 0.894. The number of carbonyl (C=O) groups excluding carboxylic acids is 1. The molecule has 1 fully saturated rings. The highest BCUT2D eigenvalue weighted by Gasteiger charge is 2.12. The van der Waals surface area contributed by atoms with E-state index in [1.165, 1.54) is 38.8 Å².